The molecule has 0 aliphatic heterocycles. The van der Waals surface area contributed by atoms with Gasteiger partial charge in [0.15, 0.2) is 0 Å². The third kappa shape index (κ3) is 2.61. The van der Waals surface area contributed by atoms with E-state index in [1.165, 1.54) is 0 Å². The molecule has 0 spiro atoms. The highest BCUT2D eigenvalue weighted by Crippen LogP contribution is 2.45. The molecular weight excluding hydrogens is 308 g/mol. The molecule has 23 heavy (non-hydrogen) atoms. The average molecular weight is 326 g/mol. The minimum absolute atomic E-state index is 0.575. The van der Waals surface area contributed by atoms with Crippen molar-refractivity contribution in [3.05, 3.63) is 108 Å². The van der Waals surface area contributed by atoms with Gasteiger partial charge in [-0.2, -0.15) is 0 Å². The van der Waals surface area contributed by atoms with Gasteiger partial charge in [-0.15, -0.1) is 0 Å². The molecule has 3 nitrogen and oxygen atoms in total. The summed E-state index contributed by atoms with van der Waals surface area (Å²) < 4.78 is 32.0. The highest BCUT2D eigenvalue weighted by Gasteiger charge is 2.46. The number of thiol groups is 1. The van der Waals surface area contributed by atoms with Crippen molar-refractivity contribution in [3.63, 3.8) is 0 Å². The van der Waals surface area contributed by atoms with E-state index in [1.807, 2.05) is 18.2 Å². The molecule has 118 valence electrons. The first-order valence-electron chi connectivity index (χ1n) is 7.29. The van der Waals surface area contributed by atoms with Crippen LogP contribution in [-0.2, 0) is 15.2 Å². The lowest BCUT2D eigenvalue weighted by Crippen LogP contribution is -2.42. The zero-order chi connectivity index (χ0) is 16.3. The Labute approximate surface area is 136 Å². The van der Waals surface area contributed by atoms with E-state index in [2.05, 4.69) is 0 Å². The van der Waals surface area contributed by atoms with Crippen molar-refractivity contribution in [1.29, 1.82) is 0 Å². The molecular formula is C19H18O3S. The second-order valence-electron chi connectivity index (χ2n) is 5.35. The van der Waals surface area contributed by atoms with Crippen LogP contribution >= 0.6 is 0 Å². The Kier molecular flexibility index (Phi) is 4.13. The van der Waals surface area contributed by atoms with Gasteiger partial charge in [-0.05, 0) is 16.7 Å². The van der Waals surface area contributed by atoms with E-state index in [4.69, 9.17) is 0 Å². The van der Waals surface area contributed by atoms with Crippen molar-refractivity contribution in [2.24, 2.45) is 0 Å². The maximum Gasteiger partial charge on any atom is 0.141 e. The standard InChI is InChI=1S/C19H18O3S/c20-23(21,22)19(16-10-4-1-5-11-16,17-12-6-2-7-13-17)18-14-8-3-9-15-18/h1-15,23H,(H2,20,21,22). The van der Waals surface area contributed by atoms with Crippen LogP contribution in [0, 0.1) is 0 Å². The molecule has 0 saturated heterocycles. The van der Waals surface area contributed by atoms with Crippen LogP contribution in [0.2, 0.25) is 0 Å². The minimum atomic E-state index is -4.57. The van der Waals surface area contributed by atoms with Crippen LogP contribution in [0.25, 0.3) is 0 Å². The zero-order valence-corrected chi connectivity index (χ0v) is 13.3. The summed E-state index contributed by atoms with van der Waals surface area (Å²) in [7, 11) is -4.57. The van der Waals surface area contributed by atoms with E-state index in [0.29, 0.717) is 16.7 Å². The molecule has 2 N–H and O–H groups in total. The van der Waals surface area contributed by atoms with Crippen LogP contribution in [0.1, 0.15) is 16.7 Å². The first kappa shape index (κ1) is 15.6. The van der Waals surface area contributed by atoms with Gasteiger partial charge in [-0.25, -0.2) is 4.21 Å². The highest BCUT2D eigenvalue weighted by molar-refractivity contribution is 7.93. The number of hydrogen-bond acceptors (Lipinski definition) is 1. The summed E-state index contributed by atoms with van der Waals surface area (Å²) in [5, 5.41) is 0. The van der Waals surface area contributed by atoms with Gasteiger partial charge in [-0.1, -0.05) is 91.0 Å². The van der Waals surface area contributed by atoms with E-state index < -0.39 is 15.2 Å². The van der Waals surface area contributed by atoms with Gasteiger partial charge < -0.3 is 9.11 Å². The third-order valence-corrected chi connectivity index (χ3v) is 5.66. The molecule has 0 heterocycles. The summed E-state index contributed by atoms with van der Waals surface area (Å²) in [6.45, 7) is 0. The lowest BCUT2D eigenvalue weighted by Gasteiger charge is -2.39. The van der Waals surface area contributed by atoms with Crippen LogP contribution in [0.4, 0.5) is 0 Å². The maximum absolute atomic E-state index is 12.7. The molecule has 0 fully saturated rings. The van der Waals surface area contributed by atoms with Crippen LogP contribution in [0.15, 0.2) is 91.0 Å². The molecule has 3 rings (SSSR count). The monoisotopic (exact) mass is 326 g/mol. The first-order chi connectivity index (χ1) is 11.1. The topological polar surface area (TPSA) is 57.5 Å². The molecule has 0 atom stereocenters. The van der Waals surface area contributed by atoms with E-state index in [0.717, 1.165) is 0 Å². The predicted octanol–water partition coefficient (Wildman–Crippen LogP) is 3.94. The Morgan fingerprint density at radius 1 is 0.565 bits per heavy atom. The van der Waals surface area contributed by atoms with Crippen molar-refractivity contribution < 1.29 is 13.3 Å². The fourth-order valence-electron chi connectivity index (χ4n) is 3.04. The Balaban J connectivity index is 2.44. The van der Waals surface area contributed by atoms with Crippen molar-refractivity contribution in [1.82, 2.24) is 0 Å². The molecule has 4 heteroatoms. The summed E-state index contributed by atoms with van der Waals surface area (Å²) in [5.41, 5.74) is 1.72. The van der Waals surface area contributed by atoms with Crippen molar-refractivity contribution in [2.45, 2.75) is 4.75 Å². The second-order valence-corrected chi connectivity index (χ2v) is 7.11. The van der Waals surface area contributed by atoms with E-state index >= 15 is 0 Å². The summed E-state index contributed by atoms with van der Waals surface area (Å²) >= 11 is 0. The molecule has 0 aliphatic rings. The molecule has 0 saturated carbocycles. The van der Waals surface area contributed by atoms with E-state index in [9.17, 15) is 13.3 Å². The van der Waals surface area contributed by atoms with Crippen molar-refractivity contribution in [3.8, 4) is 0 Å². The van der Waals surface area contributed by atoms with Crippen LogP contribution in [0.3, 0.4) is 0 Å². The van der Waals surface area contributed by atoms with Gasteiger partial charge in [0.1, 0.15) is 4.75 Å². The highest BCUT2D eigenvalue weighted by atomic mass is 32.3. The average Bonchev–Trinajstić information content (AvgIpc) is 2.57. The number of hydrogen-bond donors (Lipinski definition) is 3. The molecule has 0 aromatic heterocycles. The maximum atomic E-state index is 12.7. The number of rotatable bonds is 4. The van der Waals surface area contributed by atoms with Gasteiger partial charge >= 0.3 is 0 Å². The Bertz CT molecular complexity index is 714. The minimum Gasteiger partial charge on any atom is -0.308 e. The third-order valence-electron chi connectivity index (χ3n) is 4.01. The van der Waals surface area contributed by atoms with Crippen molar-refractivity contribution in [2.75, 3.05) is 0 Å². The quantitative estimate of drug-likeness (QED) is 0.503. The normalized spacial score (nSPS) is 12.8. The van der Waals surface area contributed by atoms with Crippen LogP contribution in [-0.4, -0.2) is 13.3 Å². The molecule has 0 aliphatic carbocycles. The Hall–Kier alpha value is -2.27. The molecule has 0 unspecified atom stereocenters. The van der Waals surface area contributed by atoms with Crippen LogP contribution < -0.4 is 0 Å². The largest absolute Gasteiger partial charge is 0.308 e. The van der Waals surface area contributed by atoms with Crippen molar-refractivity contribution >= 4 is 10.5 Å². The summed E-state index contributed by atoms with van der Waals surface area (Å²) in [4.78, 5) is 0. The predicted molar refractivity (Wildman–Crippen MR) is 94.0 cm³/mol. The summed E-state index contributed by atoms with van der Waals surface area (Å²) in [5.74, 6) is 0. The molecule has 0 bridgehead atoms. The second kappa shape index (κ2) is 6.08. The smallest absolute Gasteiger partial charge is 0.141 e. The lowest BCUT2D eigenvalue weighted by atomic mass is 9.84. The SMILES string of the molecule is O=[SH](O)(O)C(c1ccccc1)(c1ccccc1)c1ccccc1. The fourth-order valence-corrected chi connectivity index (χ4v) is 4.50. The molecule has 3 aromatic rings. The van der Waals surface area contributed by atoms with Gasteiger partial charge in [0.05, 0.1) is 10.5 Å². The van der Waals surface area contributed by atoms with E-state index in [-0.39, 0.29) is 0 Å². The molecule has 0 radical (unpaired) electrons. The van der Waals surface area contributed by atoms with Gasteiger partial charge in [0.25, 0.3) is 0 Å². The summed E-state index contributed by atoms with van der Waals surface area (Å²) in [6.07, 6.45) is 0. The van der Waals surface area contributed by atoms with Gasteiger partial charge in [0.2, 0.25) is 0 Å². The lowest BCUT2D eigenvalue weighted by molar-refractivity contribution is 0.399. The van der Waals surface area contributed by atoms with E-state index in [1.54, 1.807) is 72.8 Å². The Morgan fingerprint density at radius 3 is 1.04 bits per heavy atom. The summed E-state index contributed by atoms with van der Waals surface area (Å²) in [6, 6.07) is 26.9. The number of benzene rings is 3. The molecule has 3 aromatic carbocycles. The van der Waals surface area contributed by atoms with Gasteiger partial charge in [0, 0.05) is 0 Å². The zero-order valence-electron chi connectivity index (χ0n) is 12.4. The van der Waals surface area contributed by atoms with Gasteiger partial charge in [-0.3, -0.25) is 0 Å². The molecule has 0 amide bonds. The Morgan fingerprint density at radius 2 is 0.826 bits per heavy atom. The first-order valence-corrected chi connectivity index (χ1v) is 8.90. The van der Waals surface area contributed by atoms with Crippen LogP contribution in [0.5, 0.6) is 0 Å². The fraction of sp³-hybridized carbons (Fsp3) is 0.0526.